The van der Waals surface area contributed by atoms with Gasteiger partial charge in [-0.15, -0.1) is 0 Å². The summed E-state index contributed by atoms with van der Waals surface area (Å²) in [5, 5.41) is 39.6. The van der Waals surface area contributed by atoms with E-state index in [1.807, 2.05) is 0 Å². The highest BCUT2D eigenvalue weighted by atomic mass is 16.7. The van der Waals surface area contributed by atoms with Crippen molar-refractivity contribution in [3.63, 3.8) is 0 Å². The summed E-state index contributed by atoms with van der Waals surface area (Å²) in [6.45, 7) is 0.331. The van der Waals surface area contributed by atoms with Crippen LogP contribution in [0.15, 0.2) is 51.9 Å². The van der Waals surface area contributed by atoms with E-state index in [1.54, 1.807) is 18.2 Å². The smallest absolute Gasteiger partial charge is 0.229 e. The Balaban J connectivity index is 1.42. The first-order valence-electron chi connectivity index (χ1n) is 10.4. The predicted molar refractivity (Wildman–Crippen MR) is 113 cm³/mol. The Morgan fingerprint density at radius 2 is 1.73 bits per heavy atom. The highest BCUT2D eigenvalue weighted by Gasteiger charge is 2.44. The highest BCUT2D eigenvalue weighted by Crippen LogP contribution is 2.34. The second kappa shape index (κ2) is 8.65. The molecule has 3 aromatic rings. The van der Waals surface area contributed by atoms with Crippen molar-refractivity contribution in [3.05, 3.63) is 52.9 Å². The van der Waals surface area contributed by atoms with Gasteiger partial charge in [0.05, 0.1) is 17.6 Å². The van der Waals surface area contributed by atoms with Gasteiger partial charge in [-0.2, -0.15) is 0 Å². The van der Waals surface area contributed by atoms with Crippen LogP contribution in [0.2, 0.25) is 0 Å². The van der Waals surface area contributed by atoms with Crippen LogP contribution in [0.25, 0.3) is 22.1 Å². The molecule has 0 aliphatic carbocycles. The van der Waals surface area contributed by atoms with Crippen LogP contribution in [0.3, 0.4) is 0 Å². The predicted octanol–water partition coefficient (Wildman–Crippen LogP) is 0.410. The van der Waals surface area contributed by atoms with Crippen LogP contribution in [0.4, 0.5) is 0 Å². The molecule has 0 amide bonds. The SMILES string of the molecule is O=c1c(-c2ccc3c(c2)OCCO3)coc2cc(O[C@@H]3OC(CO)[C@@H](O)C(O)C3O)ccc12. The maximum atomic E-state index is 13.1. The summed E-state index contributed by atoms with van der Waals surface area (Å²) in [6.07, 6.45) is -5.70. The zero-order valence-electron chi connectivity index (χ0n) is 17.3. The number of ether oxygens (including phenoxy) is 4. The summed E-state index contributed by atoms with van der Waals surface area (Å²) >= 11 is 0. The lowest BCUT2D eigenvalue weighted by molar-refractivity contribution is -0.277. The lowest BCUT2D eigenvalue weighted by atomic mass is 9.99. The van der Waals surface area contributed by atoms with E-state index >= 15 is 0 Å². The number of fused-ring (bicyclic) bond motifs is 2. The molecule has 10 nitrogen and oxygen atoms in total. The van der Waals surface area contributed by atoms with Gasteiger partial charge in [0.1, 0.15) is 55.2 Å². The molecule has 2 aliphatic rings. The molecule has 1 aromatic heterocycles. The molecule has 4 N–H and O–H groups in total. The van der Waals surface area contributed by atoms with Gasteiger partial charge in [-0.05, 0) is 29.8 Å². The molecule has 3 heterocycles. The molecule has 2 aromatic carbocycles. The van der Waals surface area contributed by atoms with Gasteiger partial charge in [0.2, 0.25) is 6.29 Å². The number of hydrogen-bond donors (Lipinski definition) is 4. The topological polar surface area (TPSA) is 148 Å². The fraction of sp³-hybridized carbons (Fsp3) is 0.348. The number of hydrogen-bond acceptors (Lipinski definition) is 10. The van der Waals surface area contributed by atoms with E-state index in [1.165, 1.54) is 24.5 Å². The fourth-order valence-corrected chi connectivity index (χ4v) is 3.89. The van der Waals surface area contributed by atoms with Crippen molar-refractivity contribution in [1.82, 2.24) is 0 Å². The fourth-order valence-electron chi connectivity index (χ4n) is 3.89. The van der Waals surface area contributed by atoms with Gasteiger partial charge in [-0.1, -0.05) is 6.07 Å². The second-order valence-electron chi connectivity index (χ2n) is 7.81. The second-order valence-corrected chi connectivity index (χ2v) is 7.81. The zero-order valence-corrected chi connectivity index (χ0v) is 17.3. The van der Waals surface area contributed by atoms with Crippen molar-refractivity contribution in [3.8, 4) is 28.4 Å². The Bertz CT molecular complexity index is 1220. The van der Waals surface area contributed by atoms with E-state index in [-0.39, 0.29) is 16.8 Å². The van der Waals surface area contributed by atoms with E-state index in [0.717, 1.165) is 0 Å². The third-order valence-corrected chi connectivity index (χ3v) is 5.70. The molecule has 10 heteroatoms. The van der Waals surface area contributed by atoms with Crippen LogP contribution in [-0.2, 0) is 4.74 Å². The Morgan fingerprint density at radius 3 is 2.52 bits per heavy atom. The molecule has 3 unspecified atom stereocenters. The van der Waals surface area contributed by atoms with Gasteiger partial charge in [0.25, 0.3) is 0 Å². The summed E-state index contributed by atoms with van der Waals surface area (Å²) in [4.78, 5) is 13.1. The van der Waals surface area contributed by atoms with Gasteiger partial charge in [0, 0.05) is 6.07 Å². The molecular weight excluding hydrogens is 436 g/mol. The number of aliphatic hydroxyl groups is 4. The molecule has 5 rings (SSSR count). The normalized spacial score (nSPS) is 26.8. The van der Waals surface area contributed by atoms with E-state index in [0.29, 0.717) is 41.2 Å². The lowest BCUT2D eigenvalue weighted by Crippen LogP contribution is -2.60. The van der Waals surface area contributed by atoms with Crippen LogP contribution in [0.1, 0.15) is 0 Å². The molecule has 0 saturated carbocycles. The summed E-state index contributed by atoms with van der Waals surface area (Å²) < 4.78 is 27.7. The van der Waals surface area contributed by atoms with Crippen molar-refractivity contribution in [2.45, 2.75) is 30.7 Å². The van der Waals surface area contributed by atoms with Crippen LogP contribution in [0, 0.1) is 0 Å². The van der Waals surface area contributed by atoms with Gasteiger partial charge >= 0.3 is 0 Å². The molecule has 1 saturated heterocycles. The van der Waals surface area contributed by atoms with E-state index < -0.39 is 37.3 Å². The minimum absolute atomic E-state index is 0.196. The zero-order chi connectivity index (χ0) is 23.1. The Morgan fingerprint density at radius 1 is 0.939 bits per heavy atom. The van der Waals surface area contributed by atoms with Crippen LogP contribution >= 0.6 is 0 Å². The number of rotatable bonds is 4. The van der Waals surface area contributed by atoms with Crippen molar-refractivity contribution < 1.29 is 43.8 Å². The minimum atomic E-state index is -1.56. The Kier molecular flexibility index (Phi) is 5.69. The van der Waals surface area contributed by atoms with E-state index in [2.05, 4.69) is 0 Å². The third kappa shape index (κ3) is 3.92. The van der Waals surface area contributed by atoms with Crippen molar-refractivity contribution in [2.75, 3.05) is 19.8 Å². The number of benzene rings is 2. The van der Waals surface area contributed by atoms with E-state index in [9.17, 15) is 25.2 Å². The molecule has 0 bridgehead atoms. The first-order chi connectivity index (χ1) is 16.0. The molecule has 33 heavy (non-hydrogen) atoms. The minimum Gasteiger partial charge on any atom is -0.486 e. The molecular formula is C23H22O10. The molecule has 174 valence electrons. The lowest BCUT2D eigenvalue weighted by Gasteiger charge is -2.39. The molecule has 0 radical (unpaired) electrons. The largest absolute Gasteiger partial charge is 0.486 e. The Labute approximate surface area is 187 Å². The monoisotopic (exact) mass is 458 g/mol. The molecule has 1 fully saturated rings. The summed E-state index contributed by atoms with van der Waals surface area (Å²) in [7, 11) is 0. The Hall–Kier alpha value is -3.15. The van der Waals surface area contributed by atoms with Crippen molar-refractivity contribution in [2.24, 2.45) is 0 Å². The highest BCUT2D eigenvalue weighted by molar-refractivity contribution is 5.83. The number of aliphatic hydroxyl groups excluding tert-OH is 4. The molecule has 0 spiro atoms. The summed E-state index contributed by atoms with van der Waals surface area (Å²) in [6, 6.07) is 9.68. The van der Waals surface area contributed by atoms with Crippen LogP contribution in [-0.4, -0.2) is 71.0 Å². The van der Waals surface area contributed by atoms with E-state index in [4.69, 9.17) is 23.4 Å². The maximum absolute atomic E-state index is 13.1. The van der Waals surface area contributed by atoms with Crippen LogP contribution < -0.4 is 19.6 Å². The van der Waals surface area contributed by atoms with Crippen LogP contribution in [0.5, 0.6) is 17.2 Å². The van der Waals surface area contributed by atoms with Crippen molar-refractivity contribution in [1.29, 1.82) is 0 Å². The van der Waals surface area contributed by atoms with Gasteiger partial charge in [0.15, 0.2) is 16.9 Å². The van der Waals surface area contributed by atoms with Gasteiger partial charge in [-0.3, -0.25) is 4.79 Å². The summed E-state index contributed by atoms with van der Waals surface area (Å²) in [5.74, 6) is 1.37. The van der Waals surface area contributed by atoms with Gasteiger partial charge in [-0.25, -0.2) is 0 Å². The van der Waals surface area contributed by atoms with Crippen molar-refractivity contribution >= 4 is 11.0 Å². The maximum Gasteiger partial charge on any atom is 0.229 e. The quantitative estimate of drug-likeness (QED) is 0.433. The van der Waals surface area contributed by atoms with Gasteiger partial charge < -0.3 is 43.8 Å². The average molecular weight is 458 g/mol. The first kappa shape index (κ1) is 21.7. The standard InChI is InChI=1S/C23H22O10/c24-9-18-20(26)21(27)22(28)23(33-18)32-12-2-3-13-16(8-12)31-10-14(19(13)25)11-1-4-15-17(7-11)30-6-5-29-15/h1-4,7-8,10,18,20-24,26-28H,5-6,9H2/t18?,20-,21?,22?,23-/m1/s1. The third-order valence-electron chi connectivity index (χ3n) is 5.70. The average Bonchev–Trinajstić information content (AvgIpc) is 2.84. The summed E-state index contributed by atoms with van der Waals surface area (Å²) in [5.41, 5.74) is 0.953. The molecule has 5 atom stereocenters. The molecule has 2 aliphatic heterocycles. The first-order valence-corrected chi connectivity index (χ1v) is 10.4.